The summed E-state index contributed by atoms with van der Waals surface area (Å²) in [6.45, 7) is 2.51. The van der Waals surface area contributed by atoms with Gasteiger partial charge in [-0.3, -0.25) is 0 Å². The van der Waals surface area contributed by atoms with Gasteiger partial charge in [0.2, 0.25) is 0 Å². The van der Waals surface area contributed by atoms with Gasteiger partial charge in [-0.05, 0) is 24.6 Å². The van der Waals surface area contributed by atoms with Gasteiger partial charge in [0, 0.05) is 5.56 Å². The van der Waals surface area contributed by atoms with Crippen molar-refractivity contribution in [3.63, 3.8) is 0 Å². The molecule has 1 N–H and O–H groups in total. The third kappa shape index (κ3) is 6.01. The number of rotatable bonds is 9. The average Bonchev–Trinajstić information content (AvgIpc) is 2.53. The van der Waals surface area contributed by atoms with Gasteiger partial charge in [0.05, 0.1) is 17.7 Å². The lowest BCUT2D eigenvalue weighted by atomic mass is 10.1. The maximum atomic E-state index is 11.9. The predicted octanol–water partition coefficient (Wildman–Crippen LogP) is 3.88. The van der Waals surface area contributed by atoms with Crippen LogP contribution in [0.15, 0.2) is 18.2 Å². The molecule has 0 atom stereocenters. The zero-order valence-corrected chi connectivity index (χ0v) is 12.9. The van der Waals surface area contributed by atoms with Gasteiger partial charge in [0.15, 0.2) is 0 Å². The van der Waals surface area contributed by atoms with Crippen LogP contribution in [0.3, 0.4) is 0 Å². The Balaban J connectivity index is 2.50. The lowest BCUT2D eigenvalue weighted by Gasteiger charge is -2.06. The minimum atomic E-state index is -1.12. The minimum Gasteiger partial charge on any atom is -0.478 e. The van der Waals surface area contributed by atoms with Gasteiger partial charge < -0.3 is 9.84 Å². The summed E-state index contributed by atoms with van der Waals surface area (Å²) in [4.78, 5) is 22.9. The number of benzene rings is 1. The Morgan fingerprint density at radius 1 is 1.09 bits per heavy atom. The molecule has 0 spiro atoms. The van der Waals surface area contributed by atoms with Crippen molar-refractivity contribution in [2.75, 3.05) is 6.61 Å². The van der Waals surface area contributed by atoms with Crippen molar-refractivity contribution >= 4 is 11.9 Å². The molecule has 22 heavy (non-hydrogen) atoms. The maximum Gasteiger partial charge on any atom is 0.338 e. The van der Waals surface area contributed by atoms with E-state index in [2.05, 4.69) is 12.8 Å². The lowest BCUT2D eigenvalue weighted by molar-refractivity contribution is 0.0497. The van der Waals surface area contributed by atoms with Crippen LogP contribution in [-0.2, 0) is 4.74 Å². The molecular weight excluding hydrogens is 280 g/mol. The van der Waals surface area contributed by atoms with E-state index in [9.17, 15) is 9.59 Å². The molecule has 0 aliphatic rings. The van der Waals surface area contributed by atoms with Gasteiger partial charge >= 0.3 is 11.9 Å². The predicted molar refractivity (Wildman–Crippen MR) is 85.0 cm³/mol. The highest BCUT2D eigenvalue weighted by Gasteiger charge is 2.12. The molecule has 0 bridgehead atoms. The standard InChI is InChI=1S/C18H22O4/c1-3-5-6-7-8-9-10-22-18(21)16-12-14(4-2)11-15(13-16)17(19)20/h2,11-13H,3,5-10H2,1H3,(H,19,20). The van der Waals surface area contributed by atoms with E-state index >= 15 is 0 Å². The van der Waals surface area contributed by atoms with Crippen LogP contribution in [0.4, 0.5) is 0 Å². The van der Waals surface area contributed by atoms with E-state index in [-0.39, 0.29) is 11.1 Å². The topological polar surface area (TPSA) is 63.6 Å². The van der Waals surface area contributed by atoms with Gasteiger partial charge in [-0.2, -0.15) is 0 Å². The van der Waals surface area contributed by atoms with Crippen LogP contribution in [0, 0.1) is 12.3 Å². The first-order valence-electron chi connectivity index (χ1n) is 7.60. The molecule has 4 nitrogen and oxygen atoms in total. The van der Waals surface area contributed by atoms with Crippen LogP contribution in [0.2, 0.25) is 0 Å². The number of hydrogen-bond donors (Lipinski definition) is 1. The first-order chi connectivity index (χ1) is 10.6. The summed E-state index contributed by atoms with van der Waals surface area (Å²) in [5, 5.41) is 9.01. The molecule has 1 aromatic rings. The Hall–Kier alpha value is -2.28. The number of aromatic carboxylic acids is 1. The number of terminal acetylenes is 1. The Morgan fingerprint density at radius 2 is 1.73 bits per heavy atom. The van der Waals surface area contributed by atoms with Crippen LogP contribution in [-0.4, -0.2) is 23.7 Å². The highest BCUT2D eigenvalue weighted by Crippen LogP contribution is 2.12. The zero-order chi connectivity index (χ0) is 16.4. The fourth-order valence-corrected chi connectivity index (χ4v) is 2.08. The summed E-state index contributed by atoms with van der Waals surface area (Å²) in [6, 6.07) is 4.11. The normalized spacial score (nSPS) is 10.0. The third-order valence-electron chi connectivity index (χ3n) is 3.31. The van der Waals surface area contributed by atoms with E-state index in [0.29, 0.717) is 12.2 Å². The van der Waals surface area contributed by atoms with Crippen molar-refractivity contribution in [3.8, 4) is 12.3 Å². The van der Waals surface area contributed by atoms with Crippen molar-refractivity contribution in [2.24, 2.45) is 0 Å². The fraction of sp³-hybridized carbons (Fsp3) is 0.444. The number of carboxylic acid groups (broad SMARTS) is 1. The number of carboxylic acids is 1. The molecule has 0 radical (unpaired) electrons. The van der Waals surface area contributed by atoms with E-state index in [1.54, 1.807) is 0 Å². The second kappa shape index (κ2) is 9.62. The first kappa shape index (κ1) is 17.8. The summed E-state index contributed by atoms with van der Waals surface area (Å²) in [6.07, 6.45) is 11.9. The summed E-state index contributed by atoms with van der Waals surface area (Å²) < 4.78 is 5.17. The van der Waals surface area contributed by atoms with Crippen LogP contribution in [0.1, 0.15) is 71.7 Å². The monoisotopic (exact) mass is 302 g/mol. The molecule has 0 saturated heterocycles. The largest absolute Gasteiger partial charge is 0.478 e. The number of carbonyl (C=O) groups excluding carboxylic acids is 1. The van der Waals surface area contributed by atoms with E-state index < -0.39 is 11.9 Å². The average molecular weight is 302 g/mol. The van der Waals surface area contributed by atoms with Crippen molar-refractivity contribution in [3.05, 3.63) is 34.9 Å². The molecule has 0 fully saturated rings. The molecule has 4 heteroatoms. The molecule has 0 saturated carbocycles. The molecular formula is C18H22O4. The Bertz CT molecular complexity index is 555. The smallest absolute Gasteiger partial charge is 0.338 e. The van der Waals surface area contributed by atoms with Crippen LogP contribution in [0.5, 0.6) is 0 Å². The number of unbranched alkanes of at least 4 members (excludes halogenated alkanes) is 5. The van der Waals surface area contributed by atoms with Crippen LogP contribution < -0.4 is 0 Å². The van der Waals surface area contributed by atoms with Gasteiger partial charge in [0.25, 0.3) is 0 Å². The number of esters is 1. The molecule has 0 aromatic heterocycles. The fourth-order valence-electron chi connectivity index (χ4n) is 2.08. The molecule has 0 unspecified atom stereocenters. The Kier molecular flexibility index (Phi) is 7.77. The van der Waals surface area contributed by atoms with Crippen LogP contribution in [0.25, 0.3) is 0 Å². The summed E-state index contributed by atoms with van der Waals surface area (Å²) in [5.41, 5.74) is 0.521. The van der Waals surface area contributed by atoms with E-state index in [4.69, 9.17) is 16.3 Å². The first-order valence-corrected chi connectivity index (χ1v) is 7.60. The second-order valence-corrected chi connectivity index (χ2v) is 5.15. The van der Waals surface area contributed by atoms with Gasteiger partial charge in [0.1, 0.15) is 0 Å². The van der Waals surface area contributed by atoms with Crippen molar-refractivity contribution in [2.45, 2.75) is 45.4 Å². The van der Waals surface area contributed by atoms with E-state index in [1.807, 2.05) is 0 Å². The summed E-state index contributed by atoms with van der Waals surface area (Å²) in [7, 11) is 0. The second-order valence-electron chi connectivity index (χ2n) is 5.15. The lowest BCUT2D eigenvalue weighted by Crippen LogP contribution is -2.09. The van der Waals surface area contributed by atoms with E-state index in [1.165, 1.54) is 37.5 Å². The van der Waals surface area contributed by atoms with Crippen molar-refractivity contribution < 1.29 is 19.4 Å². The van der Waals surface area contributed by atoms with E-state index in [0.717, 1.165) is 19.3 Å². The molecule has 0 aliphatic carbocycles. The maximum absolute atomic E-state index is 11.9. The highest BCUT2D eigenvalue weighted by atomic mass is 16.5. The van der Waals surface area contributed by atoms with Crippen molar-refractivity contribution in [1.82, 2.24) is 0 Å². The molecule has 1 aromatic carbocycles. The quantitative estimate of drug-likeness (QED) is 0.427. The molecule has 1 rings (SSSR count). The molecule has 0 amide bonds. The highest BCUT2D eigenvalue weighted by molar-refractivity contribution is 5.95. The SMILES string of the molecule is C#Cc1cc(C(=O)O)cc(C(=O)OCCCCCCCC)c1. The zero-order valence-electron chi connectivity index (χ0n) is 12.9. The van der Waals surface area contributed by atoms with Crippen molar-refractivity contribution in [1.29, 1.82) is 0 Å². The van der Waals surface area contributed by atoms with Gasteiger partial charge in [-0.25, -0.2) is 9.59 Å². The van der Waals surface area contributed by atoms with Gasteiger partial charge in [-0.1, -0.05) is 44.9 Å². The molecule has 0 aliphatic heterocycles. The molecule has 0 heterocycles. The number of ether oxygens (including phenoxy) is 1. The number of hydrogen-bond acceptors (Lipinski definition) is 3. The molecule has 118 valence electrons. The van der Waals surface area contributed by atoms with Gasteiger partial charge in [-0.15, -0.1) is 6.42 Å². The number of carbonyl (C=O) groups is 2. The summed E-state index contributed by atoms with van der Waals surface area (Å²) >= 11 is 0. The minimum absolute atomic E-state index is 0.0121. The van der Waals surface area contributed by atoms with Crippen LogP contribution >= 0.6 is 0 Å². The Labute approximate surface area is 131 Å². The Morgan fingerprint density at radius 3 is 2.36 bits per heavy atom. The third-order valence-corrected chi connectivity index (χ3v) is 3.31. The summed E-state index contributed by atoms with van der Waals surface area (Å²) in [5.74, 6) is 0.685.